The second-order valence-corrected chi connectivity index (χ2v) is 7.32. The summed E-state index contributed by atoms with van der Waals surface area (Å²) < 4.78 is 21.5. The average molecular weight is 460 g/mol. The number of aliphatic hydroxyl groups is 3. The number of aromatic hydroxyl groups is 1. The van der Waals surface area contributed by atoms with Crippen LogP contribution in [0.1, 0.15) is 0 Å². The van der Waals surface area contributed by atoms with Crippen LogP contribution in [0.25, 0.3) is 22.3 Å². The first-order valence-electron chi connectivity index (χ1n) is 9.75. The fourth-order valence-corrected chi connectivity index (χ4v) is 3.57. The van der Waals surface area contributed by atoms with E-state index in [1.165, 1.54) is 19.2 Å². The fraction of sp³-hybridized carbons (Fsp3) is 0.273. The lowest BCUT2D eigenvalue weighted by atomic mass is 9.99. The van der Waals surface area contributed by atoms with E-state index >= 15 is 0 Å². The highest BCUT2D eigenvalue weighted by molar-refractivity contribution is 5.89. The van der Waals surface area contributed by atoms with Gasteiger partial charge in [0.2, 0.25) is 12.0 Å². The molecule has 0 bridgehead atoms. The lowest BCUT2D eigenvalue weighted by Crippen LogP contribution is -2.61. The quantitative estimate of drug-likeness (QED) is 0.357. The molecule has 0 spiro atoms. The van der Waals surface area contributed by atoms with Crippen molar-refractivity contribution in [2.75, 3.05) is 7.11 Å². The molecule has 174 valence electrons. The second kappa shape index (κ2) is 8.71. The molecule has 11 nitrogen and oxygen atoms in total. The molecule has 2 heterocycles. The van der Waals surface area contributed by atoms with Gasteiger partial charge < -0.3 is 44.2 Å². The Bertz CT molecular complexity index is 1240. The van der Waals surface area contributed by atoms with Crippen LogP contribution in [0.2, 0.25) is 0 Å². The zero-order valence-corrected chi connectivity index (χ0v) is 17.1. The third-order valence-corrected chi connectivity index (χ3v) is 5.23. The summed E-state index contributed by atoms with van der Waals surface area (Å²) in [4.78, 5) is 24.0. The average Bonchev–Trinajstić information content (AvgIpc) is 2.79. The van der Waals surface area contributed by atoms with Gasteiger partial charge in [0, 0.05) is 17.7 Å². The smallest absolute Gasteiger partial charge is 0.335 e. The van der Waals surface area contributed by atoms with Gasteiger partial charge in [-0.15, -0.1) is 0 Å². The maximum Gasteiger partial charge on any atom is 0.335 e. The number of carbonyl (C=O) groups is 1. The van der Waals surface area contributed by atoms with Crippen molar-refractivity contribution in [2.45, 2.75) is 30.7 Å². The van der Waals surface area contributed by atoms with Crippen LogP contribution in [0.5, 0.6) is 17.2 Å². The molecule has 1 aliphatic heterocycles. The van der Waals surface area contributed by atoms with Gasteiger partial charge in [0.15, 0.2) is 23.0 Å². The minimum absolute atomic E-state index is 0.0877. The van der Waals surface area contributed by atoms with Crippen LogP contribution in [0.4, 0.5) is 0 Å². The first-order chi connectivity index (χ1) is 15.7. The fourth-order valence-electron chi connectivity index (χ4n) is 3.57. The molecule has 4 rings (SSSR count). The SMILES string of the molecule is COc1c(O[C@@H]2O[C@H](C(=O)O)[C@H](O)[C@H](O)[C@H]2O)cc2oc(-c3ccccc3)cc(=O)c2c1O. The largest absolute Gasteiger partial charge is 0.504 e. The number of rotatable bonds is 5. The van der Waals surface area contributed by atoms with Crippen molar-refractivity contribution < 1.29 is 49.0 Å². The van der Waals surface area contributed by atoms with Gasteiger partial charge in [-0.05, 0) is 0 Å². The second-order valence-electron chi connectivity index (χ2n) is 7.32. The van der Waals surface area contributed by atoms with Crippen LogP contribution in [0.15, 0.2) is 51.7 Å². The van der Waals surface area contributed by atoms with Crippen molar-refractivity contribution in [1.29, 1.82) is 0 Å². The standard InChI is InChI=1S/C22H20O11/c1-30-19-13(32-22-18(27)16(25)17(26)20(33-22)21(28)29)8-12-14(15(19)24)10(23)7-11(31-12)9-5-3-2-4-6-9/h2-8,16-18,20,22,24-27H,1H3,(H,28,29)/t16-,17+,18+,20-,22+/m0/s1. The number of carboxylic acid groups (broad SMARTS) is 1. The number of hydrogen-bond acceptors (Lipinski definition) is 10. The summed E-state index contributed by atoms with van der Waals surface area (Å²) in [5, 5.41) is 49.7. The summed E-state index contributed by atoms with van der Waals surface area (Å²) in [5.74, 6) is -2.58. The normalized spacial score (nSPS) is 25.0. The molecule has 3 aromatic rings. The van der Waals surface area contributed by atoms with Gasteiger partial charge in [-0.2, -0.15) is 0 Å². The molecule has 1 saturated heterocycles. The summed E-state index contributed by atoms with van der Waals surface area (Å²) in [6, 6.07) is 11.1. The van der Waals surface area contributed by atoms with Crippen molar-refractivity contribution in [1.82, 2.24) is 0 Å². The number of fused-ring (bicyclic) bond motifs is 1. The van der Waals surface area contributed by atoms with E-state index < -0.39 is 47.9 Å². The van der Waals surface area contributed by atoms with Crippen LogP contribution in [-0.4, -0.2) is 69.3 Å². The number of ether oxygens (including phenoxy) is 3. The van der Waals surface area contributed by atoms with E-state index in [0.717, 1.165) is 0 Å². The Morgan fingerprint density at radius 3 is 2.36 bits per heavy atom. The van der Waals surface area contributed by atoms with Crippen molar-refractivity contribution in [2.24, 2.45) is 0 Å². The van der Waals surface area contributed by atoms with E-state index in [1.54, 1.807) is 30.3 Å². The number of methoxy groups -OCH3 is 1. The van der Waals surface area contributed by atoms with Crippen molar-refractivity contribution in [3.8, 4) is 28.6 Å². The molecule has 0 amide bonds. The molecule has 5 N–H and O–H groups in total. The monoisotopic (exact) mass is 460 g/mol. The van der Waals surface area contributed by atoms with Crippen LogP contribution < -0.4 is 14.9 Å². The topological polar surface area (TPSA) is 176 Å². The van der Waals surface area contributed by atoms with Crippen LogP contribution in [0, 0.1) is 0 Å². The van der Waals surface area contributed by atoms with Gasteiger partial charge in [-0.3, -0.25) is 4.79 Å². The molecular formula is C22H20O11. The molecule has 1 aliphatic rings. The first kappa shape index (κ1) is 22.6. The maximum absolute atomic E-state index is 12.7. The van der Waals surface area contributed by atoms with Crippen molar-refractivity contribution in [3.05, 3.63) is 52.7 Å². The highest BCUT2D eigenvalue weighted by Gasteiger charge is 2.48. The molecule has 1 aromatic heterocycles. The number of benzene rings is 2. The number of carboxylic acids is 1. The first-order valence-corrected chi connectivity index (χ1v) is 9.75. The molecular weight excluding hydrogens is 440 g/mol. The van der Waals surface area contributed by atoms with E-state index in [9.17, 15) is 35.1 Å². The lowest BCUT2D eigenvalue weighted by Gasteiger charge is -2.38. The number of aliphatic carboxylic acids is 1. The lowest BCUT2D eigenvalue weighted by molar-refractivity contribution is -0.271. The summed E-state index contributed by atoms with van der Waals surface area (Å²) in [5.41, 5.74) is -0.0482. The Balaban J connectivity index is 1.80. The molecule has 0 aliphatic carbocycles. The highest BCUT2D eigenvalue weighted by Crippen LogP contribution is 2.43. The van der Waals surface area contributed by atoms with E-state index in [4.69, 9.17) is 18.6 Å². The van der Waals surface area contributed by atoms with Gasteiger partial charge in [-0.1, -0.05) is 30.3 Å². The predicted octanol–water partition coefficient (Wildman–Crippen LogP) is 0.445. The zero-order chi connectivity index (χ0) is 23.9. The number of phenolic OH excluding ortho intramolecular Hbond substituents is 1. The Morgan fingerprint density at radius 2 is 1.73 bits per heavy atom. The maximum atomic E-state index is 12.7. The highest BCUT2D eigenvalue weighted by atomic mass is 16.7. The molecule has 0 unspecified atom stereocenters. The predicted molar refractivity (Wildman–Crippen MR) is 111 cm³/mol. The van der Waals surface area contributed by atoms with Gasteiger partial charge in [0.25, 0.3) is 0 Å². The van der Waals surface area contributed by atoms with E-state index in [1.807, 2.05) is 0 Å². The van der Waals surface area contributed by atoms with E-state index in [-0.39, 0.29) is 28.2 Å². The molecule has 11 heteroatoms. The Hall–Kier alpha value is -3.64. The molecule has 5 atom stereocenters. The summed E-state index contributed by atoms with van der Waals surface area (Å²) in [6.07, 6.45) is -9.31. The van der Waals surface area contributed by atoms with E-state index in [2.05, 4.69) is 0 Å². The number of aliphatic hydroxyl groups excluding tert-OH is 3. The van der Waals surface area contributed by atoms with Gasteiger partial charge >= 0.3 is 5.97 Å². The minimum Gasteiger partial charge on any atom is -0.504 e. The summed E-state index contributed by atoms with van der Waals surface area (Å²) in [6.45, 7) is 0. The molecule has 33 heavy (non-hydrogen) atoms. The Labute approximate surface area is 185 Å². The van der Waals surface area contributed by atoms with E-state index in [0.29, 0.717) is 5.56 Å². The van der Waals surface area contributed by atoms with Crippen molar-refractivity contribution >= 4 is 16.9 Å². The van der Waals surface area contributed by atoms with Crippen LogP contribution in [0.3, 0.4) is 0 Å². The summed E-state index contributed by atoms with van der Waals surface area (Å²) in [7, 11) is 1.19. The Kier molecular flexibility index (Phi) is 5.95. The zero-order valence-electron chi connectivity index (χ0n) is 17.1. The van der Waals surface area contributed by atoms with Crippen molar-refractivity contribution in [3.63, 3.8) is 0 Å². The third kappa shape index (κ3) is 3.98. The van der Waals surface area contributed by atoms with Gasteiger partial charge in [-0.25, -0.2) is 4.79 Å². The molecule has 2 aromatic carbocycles. The molecule has 1 fully saturated rings. The number of hydrogen-bond donors (Lipinski definition) is 5. The molecule has 0 radical (unpaired) electrons. The van der Waals surface area contributed by atoms with Gasteiger partial charge in [0.1, 0.15) is 35.0 Å². The minimum atomic E-state index is -1.91. The van der Waals surface area contributed by atoms with Crippen LogP contribution >= 0.6 is 0 Å². The van der Waals surface area contributed by atoms with Crippen LogP contribution in [-0.2, 0) is 9.53 Å². The summed E-state index contributed by atoms with van der Waals surface area (Å²) >= 11 is 0. The van der Waals surface area contributed by atoms with Gasteiger partial charge in [0.05, 0.1) is 7.11 Å². The number of phenols is 1. The molecule has 0 saturated carbocycles. The third-order valence-electron chi connectivity index (χ3n) is 5.23. The Morgan fingerprint density at radius 1 is 1.03 bits per heavy atom.